The van der Waals surface area contributed by atoms with E-state index in [1.807, 2.05) is 31.2 Å². The van der Waals surface area contributed by atoms with Gasteiger partial charge in [0.2, 0.25) is 0 Å². The number of piperidine rings is 1. The van der Waals surface area contributed by atoms with Gasteiger partial charge in [-0.3, -0.25) is 4.79 Å². The van der Waals surface area contributed by atoms with Crippen LogP contribution in [0.2, 0.25) is 0 Å². The quantitative estimate of drug-likeness (QED) is 0.372. The fourth-order valence-electron chi connectivity index (χ4n) is 4.16. The highest BCUT2D eigenvalue weighted by Gasteiger charge is 2.33. The third-order valence-corrected chi connectivity index (χ3v) is 6.10. The number of unbranched alkanes of at least 4 members (excludes halogenated alkanes) is 2. The third-order valence-electron chi connectivity index (χ3n) is 6.10. The van der Waals surface area contributed by atoms with Crippen LogP contribution in [-0.2, 0) is 9.53 Å². The van der Waals surface area contributed by atoms with Gasteiger partial charge in [-0.05, 0) is 75.8 Å². The van der Waals surface area contributed by atoms with Gasteiger partial charge in [-0.15, -0.1) is 0 Å². The van der Waals surface area contributed by atoms with E-state index < -0.39 is 5.60 Å². The van der Waals surface area contributed by atoms with Crippen LogP contribution >= 0.6 is 0 Å². The second-order valence-corrected chi connectivity index (χ2v) is 9.26. The Hall–Kier alpha value is -1.59. The molecule has 1 N–H and O–H groups in total. The maximum atomic E-state index is 12.9. The first-order valence-corrected chi connectivity index (χ1v) is 12.4. The highest BCUT2D eigenvalue weighted by atomic mass is 16.5. The number of amides is 1. The number of likely N-dealkylation sites (tertiary alicyclic amines) is 1. The minimum absolute atomic E-state index is 0.0681. The summed E-state index contributed by atoms with van der Waals surface area (Å²) in [6.07, 6.45) is 8.59. The van der Waals surface area contributed by atoms with E-state index in [0.29, 0.717) is 6.61 Å². The van der Waals surface area contributed by atoms with Crippen LogP contribution < -0.4 is 10.1 Å². The predicted octanol–water partition coefficient (Wildman–Crippen LogP) is 5.89. The molecule has 1 aromatic carbocycles. The Kier molecular flexibility index (Phi) is 11.4. The van der Waals surface area contributed by atoms with Gasteiger partial charge in [0, 0.05) is 25.4 Å². The lowest BCUT2D eigenvalue weighted by atomic mass is 9.96. The Morgan fingerprint density at radius 3 is 2.58 bits per heavy atom. The summed E-state index contributed by atoms with van der Waals surface area (Å²) in [6, 6.07) is 7.68. The molecule has 1 aliphatic rings. The van der Waals surface area contributed by atoms with Crippen LogP contribution in [0.15, 0.2) is 24.3 Å². The van der Waals surface area contributed by atoms with Crippen LogP contribution in [-0.4, -0.2) is 49.3 Å². The van der Waals surface area contributed by atoms with E-state index in [0.717, 1.165) is 69.0 Å². The van der Waals surface area contributed by atoms with Crippen molar-refractivity contribution in [2.24, 2.45) is 5.92 Å². The lowest BCUT2D eigenvalue weighted by molar-refractivity contribution is -0.140. The lowest BCUT2D eigenvalue weighted by Gasteiger charge is -2.30. The van der Waals surface area contributed by atoms with E-state index in [9.17, 15) is 4.79 Å². The molecule has 1 amide bonds. The van der Waals surface area contributed by atoms with Gasteiger partial charge in [0.25, 0.3) is 5.91 Å². The van der Waals surface area contributed by atoms with E-state index >= 15 is 0 Å². The minimum Gasteiger partial charge on any atom is -0.494 e. The van der Waals surface area contributed by atoms with Crippen molar-refractivity contribution < 1.29 is 14.3 Å². The number of benzene rings is 1. The predicted molar refractivity (Wildman–Crippen MR) is 129 cm³/mol. The molecule has 5 nitrogen and oxygen atoms in total. The summed E-state index contributed by atoms with van der Waals surface area (Å²) in [5, 5.41) is 3.03. The van der Waals surface area contributed by atoms with Gasteiger partial charge in [0.1, 0.15) is 11.4 Å². The number of carbonyl (C=O) groups excluding carboxylic acids is 1. The van der Waals surface area contributed by atoms with E-state index in [-0.39, 0.29) is 5.91 Å². The van der Waals surface area contributed by atoms with Gasteiger partial charge < -0.3 is 19.7 Å². The van der Waals surface area contributed by atoms with Gasteiger partial charge in [-0.1, -0.05) is 40.0 Å². The molecule has 0 unspecified atom stereocenters. The number of nitrogens with zero attached hydrogens (tertiary/aromatic N) is 1. The molecule has 0 aromatic heterocycles. The van der Waals surface area contributed by atoms with Crippen molar-refractivity contribution in [3.05, 3.63) is 24.3 Å². The molecule has 1 fully saturated rings. The van der Waals surface area contributed by atoms with Gasteiger partial charge in [0.05, 0.1) is 6.61 Å². The van der Waals surface area contributed by atoms with Crippen molar-refractivity contribution >= 4 is 11.6 Å². The molecular formula is C26H44N2O3. The SMILES string of the molecule is CCCCC[C@](C)(OCCC)C(=O)Nc1ccc(OCCCN2CCC[C@@H](C)C2)cc1. The van der Waals surface area contributed by atoms with Gasteiger partial charge in [-0.25, -0.2) is 0 Å². The second kappa shape index (κ2) is 13.7. The Balaban J connectivity index is 1.78. The summed E-state index contributed by atoms with van der Waals surface area (Å²) in [6.45, 7) is 13.3. The lowest BCUT2D eigenvalue weighted by Crippen LogP contribution is -2.43. The van der Waals surface area contributed by atoms with Crippen molar-refractivity contribution in [2.75, 3.05) is 38.2 Å². The molecule has 176 valence electrons. The maximum absolute atomic E-state index is 12.9. The fourth-order valence-corrected chi connectivity index (χ4v) is 4.16. The molecule has 1 heterocycles. The molecule has 0 saturated carbocycles. The van der Waals surface area contributed by atoms with Crippen LogP contribution in [0, 0.1) is 5.92 Å². The Bertz CT molecular complexity index is 634. The Morgan fingerprint density at radius 1 is 1.13 bits per heavy atom. The normalized spacial score (nSPS) is 19.0. The molecule has 1 aliphatic heterocycles. The molecule has 1 aromatic rings. The number of ether oxygens (including phenoxy) is 2. The number of carbonyl (C=O) groups is 1. The molecular weight excluding hydrogens is 388 g/mol. The second-order valence-electron chi connectivity index (χ2n) is 9.26. The van der Waals surface area contributed by atoms with E-state index in [1.165, 1.54) is 25.9 Å². The summed E-state index contributed by atoms with van der Waals surface area (Å²) >= 11 is 0. The highest BCUT2D eigenvalue weighted by molar-refractivity contribution is 5.97. The zero-order valence-electron chi connectivity index (χ0n) is 20.3. The third kappa shape index (κ3) is 9.20. The zero-order chi connectivity index (χ0) is 22.5. The first kappa shape index (κ1) is 25.7. The molecule has 2 rings (SSSR count). The van der Waals surface area contributed by atoms with Gasteiger partial charge in [0.15, 0.2) is 0 Å². The maximum Gasteiger partial charge on any atom is 0.256 e. The molecule has 0 aliphatic carbocycles. The number of nitrogens with one attached hydrogen (secondary N) is 1. The zero-order valence-corrected chi connectivity index (χ0v) is 20.3. The van der Waals surface area contributed by atoms with E-state index in [2.05, 4.69) is 31.0 Å². The summed E-state index contributed by atoms with van der Waals surface area (Å²) in [5.41, 5.74) is -0.00628. The number of anilines is 1. The number of hydrogen-bond donors (Lipinski definition) is 1. The largest absolute Gasteiger partial charge is 0.494 e. The average molecular weight is 433 g/mol. The summed E-state index contributed by atoms with van der Waals surface area (Å²) in [5.74, 6) is 1.60. The van der Waals surface area contributed by atoms with Crippen molar-refractivity contribution in [1.82, 2.24) is 4.90 Å². The molecule has 0 spiro atoms. The first-order valence-electron chi connectivity index (χ1n) is 12.4. The molecule has 0 bridgehead atoms. The fraction of sp³-hybridized carbons (Fsp3) is 0.731. The summed E-state index contributed by atoms with van der Waals surface area (Å²) in [7, 11) is 0. The van der Waals surface area contributed by atoms with Crippen LogP contribution in [0.5, 0.6) is 5.75 Å². The molecule has 5 heteroatoms. The van der Waals surface area contributed by atoms with Gasteiger partial charge >= 0.3 is 0 Å². The minimum atomic E-state index is -0.785. The van der Waals surface area contributed by atoms with E-state index in [1.54, 1.807) is 0 Å². The Morgan fingerprint density at radius 2 is 1.90 bits per heavy atom. The van der Waals surface area contributed by atoms with Crippen molar-refractivity contribution in [2.45, 2.75) is 84.7 Å². The van der Waals surface area contributed by atoms with Crippen LogP contribution in [0.4, 0.5) is 5.69 Å². The van der Waals surface area contributed by atoms with Gasteiger partial charge in [-0.2, -0.15) is 0 Å². The van der Waals surface area contributed by atoms with Crippen molar-refractivity contribution in [3.63, 3.8) is 0 Å². The average Bonchev–Trinajstić information content (AvgIpc) is 2.76. The monoisotopic (exact) mass is 432 g/mol. The molecule has 1 saturated heterocycles. The van der Waals surface area contributed by atoms with Crippen LogP contribution in [0.3, 0.4) is 0 Å². The van der Waals surface area contributed by atoms with E-state index in [4.69, 9.17) is 9.47 Å². The molecule has 31 heavy (non-hydrogen) atoms. The number of rotatable bonds is 14. The highest BCUT2D eigenvalue weighted by Crippen LogP contribution is 2.24. The summed E-state index contributed by atoms with van der Waals surface area (Å²) in [4.78, 5) is 15.5. The van der Waals surface area contributed by atoms with Crippen molar-refractivity contribution in [1.29, 1.82) is 0 Å². The van der Waals surface area contributed by atoms with Crippen molar-refractivity contribution in [3.8, 4) is 5.75 Å². The molecule has 0 radical (unpaired) electrons. The molecule has 2 atom stereocenters. The van der Waals surface area contributed by atoms with Crippen LogP contribution in [0.25, 0.3) is 0 Å². The number of hydrogen-bond acceptors (Lipinski definition) is 4. The topological polar surface area (TPSA) is 50.8 Å². The summed E-state index contributed by atoms with van der Waals surface area (Å²) < 4.78 is 11.9. The smallest absolute Gasteiger partial charge is 0.256 e. The van der Waals surface area contributed by atoms with Crippen LogP contribution in [0.1, 0.15) is 79.1 Å². The standard InChI is InChI=1S/C26H44N2O3/c1-5-7-8-16-26(4,31-19-6-2)25(29)27-23-12-14-24(15-13-23)30-20-10-18-28-17-9-11-22(3)21-28/h12-15,22H,5-11,16-21H2,1-4H3,(H,27,29)/t22-,26+/m1/s1. The first-order chi connectivity index (χ1) is 15.0. The Labute approximate surface area is 189 Å².